The summed E-state index contributed by atoms with van der Waals surface area (Å²) in [5.74, 6) is 0. The van der Waals surface area contributed by atoms with Crippen LogP contribution in [0.4, 0.5) is 0 Å². The van der Waals surface area contributed by atoms with Crippen LogP contribution >= 0.6 is 0 Å². The second-order valence-corrected chi connectivity index (χ2v) is 8.62. The number of rotatable bonds is 8. The van der Waals surface area contributed by atoms with Gasteiger partial charge in [-0.05, 0) is 0 Å². The maximum absolute atomic E-state index is 11.1. The molecule has 0 amide bonds. The molecule has 31 heavy (non-hydrogen) atoms. The van der Waals surface area contributed by atoms with Crippen LogP contribution in [-0.4, -0.2) is 131 Å². The fourth-order valence-electron chi connectivity index (χ4n) is 3.03. The van der Waals surface area contributed by atoms with Gasteiger partial charge in [0.15, 0.2) is 24.8 Å². The highest BCUT2D eigenvalue weighted by Crippen LogP contribution is 2.31. The summed E-state index contributed by atoms with van der Waals surface area (Å²) in [6.07, 6.45) is -20.0. The van der Waals surface area contributed by atoms with Crippen molar-refractivity contribution in [2.45, 2.75) is 61.4 Å². The average molecular weight is 502 g/mol. The van der Waals surface area contributed by atoms with Crippen LogP contribution in [0.2, 0.25) is 0 Å². The summed E-state index contributed by atoms with van der Waals surface area (Å²) in [5.41, 5.74) is 0. The van der Waals surface area contributed by atoms with Gasteiger partial charge in [-0.3, -0.25) is 9.11 Å². The van der Waals surface area contributed by atoms with Crippen molar-refractivity contribution in [3.05, 3.63) is 0 Å². The third-order valence-electron chi connectivity index (χ3n) is 4.40. The van der Waals surface area contributed by atoms with Gasteiger partial charge < -0.3 is 44.8 Å². The number of aliphatic hydroxyl groups excluding tert-OH is 6. The Kier molecular flexibility index (Phi) is 8.68. The van der Waals surface area contributed by atoms with Gasteiger partial charge in [0.05, 0.1) is 13.2 Å². The third-order valence-corrected chi connectivity index (χ3v) is 5.33. The Labute approximate surface area is 175 Å². The molecule has 2 fully saturated rings. The number of ether oxygens (including phenoxy) is 3. The predicted octanol–water partition coefficient (Wildman–Crippen LogP) is -5.74. The summed E-state index contributed by atoms with van der Waals surface area (Å²) >= 11 is 0. The molecule has 2 rings (SSSR count). The summed E-state index contributed by atoms with van der Waals surface area (Å²) in [7, 11) is -10.5. The standard InChI is InChI=1S/C12H22O17S2/c13-1-3-5(15)6(16)10(29-31(22,23)24)12(26-3)27-8-4(2-14)25-11(18)9(7(8)17)28-30(19,20)21/h3-18H,1-2H2,(H,19,20,21)(H,22,23,24)/t3-,4-,5+,6+,7+,8+,9-,10-,11+,12+/m1/s1. The van der Waals surface area contributed by atoms with Crippen LogP contribution in [0.1, 0.15) is 0 Å². The fraction of sp³-hybridized carbons (Fsp3) is 1.00. The first-order chi connectivity index (χ1) is 14.2. The molecule has 0 bridgehead atoms. The minimum Gasteiger partial charge on any atom is -0.394 e. The van der Waals surface area contributed by atoms with Gasteiger partial charge in [0.25, 0.3) is 0 Å². The van der Waals surface area contributed by atoms with Crippen molar-refractivity contribution in [1.29, 1.82) is 0 Å². The van der Waals surface area contributed by atoms with E-state index in [0.29, 0.717) is 0 Å². The summed E-state index contributed by atoms with van der Waals surface area (Å²) in [4.78, 5) is 0. The molecule has 0 aliphatic carbocycles. The molecule has 19 heteroatoms. The molecule has 10 atom stereocenters. The van der Waals surface area contributed by atoms with Gasteiger partial charge in [-0.15, -0.1) is 0 Å². The predicted molar refractivity (Wildman–Crippen MR) is 89.4 cm³/mol. The molecule has 0 radical (unpaired) electrons. The van der Waals surface area contributed by atoms with Crippen molar-refractivity contribution in [1.82, 2.24) is 0 Å². The molecule has 2 heterocycles. The third kappa shape index (κ3) is 6.69. The Hall–Kier alpha value is -0.620. The molecule has 2 aliphatic heterocycles. The number of aliphatic hydroxyl groups is 6. The second kappa shape index (κ2) is 10.1. The van der Waals surface area contributed by atoms with E-state index in [1.165, 1.54) is 0 Å². The van der Waals surface area contributed by atoms with Crippen LogP contribution in [0.3, 0.4) is 0 Å². The fourth-order valence-corrected chi connectivity index (χ4v) is 4.01. The summed E-state index contributed by atoms with van der Waals surface area (Å²) in [5, 5.41) is 58.8. The summed E-state index contributed by atoms with van der Waals surface area (Å²) in [6.45, 7) is -1.89. The molecule has 0 aromatic rings. The molecule has 0 saturated carbocycles. The molecule has 0 aromatic heterocycles. The number of hydrogen-bond acceptors (Lipinski definition) is 15. The maximum atomic E-state index is 11.1. The van der Waals surface area contributed by atoms with Crippen molar-refractivity contribution in [2.24, 2.45) is 0 Å². The van der Waals surface area contributed by atoms with E-state index in [2.05, 4.69) is 8.37 Å². The smallest absolute Gasteiger partial charge is 0.394 e. The Bertz CT molecular complexity index is 800. The lowest BCUT2D eigenvalue weighted by molar-refractivity contribution is -0.350. The lowest BCUT2D eigenvalue weighted by atomic mass is 9.97. The van der Waals surface area contributed by atoms with Gasteiger partial charge in [-0.25, -0.2) is 8.37 Å². The van der Waals surface area contributed by atoms with Crippen molar-refractivity contribution >= 4 is 20.8 Å². The van der Waals surface area contributed by atoms with Crippen LogP contribution in [-0.2, 0) is 43.4 Å². The Morgan fingerprint density at radius 2 is 1.19 bits per heavy atom. The van der Waals surface area contributed by atoms with Gasteiger partial charge >= 0.3 is 20.8 Å². The van der Waals surface area contributed by atoms with Crippen molar-refractivity contribution in [2.75, 3.05) is 13.2 Å². The van der Waals surface area contributed by atoms with Crippen molar-refractivity contribution in [3.8, 4) is 0 Å². The first-order valence-corrected chi connectivity index (χ1v) is 11.1. The molecule has 2 saturated heterocycles. The highest BCUT2D eigenvalue weighted by atomic mass is 32.3. The van der Waals surface area contributed by atoms with Crippen molar-refractivity contribution in [3.63, 3.8) is 0 Å². The lowest BCUT2D eigenvalue weighted by Gasteiger charge is -2.46. The van der Waals surface area contributed by atoms with Gasteiger partial charge in [0.2, 0.25) is 0 Å². The van der Waals surface area contributed by atoms with Gasteiger partial charge in [-0.2, -0.15) is 16.8 Å². The van der Waals surface area contributed by atoms with E-state index in [-0.39, 0.29) is 0 Å². The number of hydrogen-bond donors (Lipinski definition) is 8. The van der Waals surface area contributed by atoms with Crippen LogP contribution in [0.25, 0.3) is 0 Å². The molecule has 17 nitrogen and oxygen atoms in total. The Morgan fingerprint density at radius 3 is 1.68 bits per heavy atom. The SMILES string of the molecule is O=S(=O)(O)O[C@@H]1[C@@H](O)[C@@H](O[C@@H]2O[C@H](CO)[C@H](O)[C@H](O)[C@H]2OS(=O)(=O)O)[C@@H](CO)O[C@@H]1O. The van der Waals surface area contributed by atoms with E-state index in [4.69, 9.17) is 23.3 Å². The molecule has 2 aliphatic rings. The maximum Gasteiger partial charge on any atom is 0.397 e. The summed E-state index contributed by atoms with van der Waals surface area (Å²) < 4.78 is 85.3. The van der Waals surface area contributed by atoms with Crippen molar-refractivity contribution < 1.29 is 79.2 Å². The Balaban J connectivity index is 2.34. The van der Waals surface area contributed by atoms with Crippen LogP contribution in [0, 0.1) is 0 Å². The molecule has 184 valence electrons. The zero-order valence-electron chi connectivity index (χ0n) is 15.3. The van der Waals surface area contributed by atoms with Crippen LogP contribution in [0.15, 0.2) is 0 Å². The largest absolute Gasteiger partial charge is 0.397 e. The molecular formula is C12H22O17S2. The van der Waals surface area contributed by atoms with Crippen LogP contribution < -0.4 is 0 Å². The van der Waals surface area contributed by atoms with E-state index >= 15 is 0 Å². The van der Waals surface area contributed by atoms with E-state index in [1.807, 2.05) is 0 Å². The first-order valence-electron chi connectivity index (χ1n) is 8.40. The normalized spacial score (nSPS) is 42.5. The first kappa shape index (κ1) is 26.6. The molecule has 0 unspecified atom stereocenters. The van der Waals surface area contributed by atoms with E-state index in [1.54, 1.807) is 0 Å². The van der Waals surface area contributed by atoms with Gasteiger partial charge in [-0.1, -0.05) is 0 Å². The average Bonchev–Trinajstić information content (AvgIpc) is 2.64. The highest BCUT2D eigenvalue weighted by Gasteiger charge is 2.53. The minimum absolute atomic E-state index is 0.920. The Morgan fingerprint density at radius 1 is 0.677 bits per heavy atom. The van der Waals surface area contributed by atoms with Gasteiger partial charge in [0, 0.05) is 0 Å². The summed E-state index contributed by atoms with van der Waals surface area (Å²) in [6, 6.07) is 0. The molecule has 8 N–H and O–H groups in total. The lowest BCUT2D eigenvalue weighted by Crippen LogP contribution is -2.65. The van der Waals surface area contributed by atoms with Crippen LogP contribution in [0.5, 0.6) is 0 Å². The molecule has 0 spiro atoms. The second-order valence-electron chi connectivity index (χ2n) is 6.52. The minimum atomic E-state index is -5.27. The zero-order chi connectivity index (χ0) is 23.7. The zero-order valence-corrected chi connectivity index (χ0v) is 16.9. The van der Waals surface area contributed by atoms with E-state index < -0.39 is 95.4 Å². The van der Waals surface area contributed by atoms with E-state index in [9.17, 15) is 47.5 Å². The molecule has 0 aromatic carbocycles. The topological polar surface area (TPSA) is 276 Å². The molecular weight excluding hydrogens is 480 g/mol. The van der Waals surface area contributed by atoms with E-state index in [0.717, 1.165) is 0 Å². The van der Waals surface area contributed by atoms with Gasteiger partial charge in [0.1, 0.15) is 36.6 Å². The quantitative estimate of drug-likeness (QED) is 0.143. The highest BCUT2D eigenvalue weighted by molar-refractivity contribution is 7.81. The monoisotopic (exact) mass is 502 g/mol.